The van der Waals surface area contributed by atoms with Gasteiger partial charge in [0.05, 0.1) is 61.4 Å². The number of furan rings is 1. The van der Waals surface area contributed by atoms with Crippen molar-refractivity contribution in [1.29, 1.82) is 5.26 Å². The summed E-state index contributed by atoms with van der Waals surface area (Å²) < 4.78 is 29.8. The summed E-state index contributed by atoms with van der Waals surface area (Å²) in [5, 5.41) is 9.47. The lowest BCUT2D eigenvalue weighted by molar-refractivity contribution is -0.139. The number of carbonyl (C=O) groups is 1. The Kier molecular flexibility index (Phi) is 7.99. The van der Waals surface area contributed by atoms with Crippen LogP contribution in [0.4, 0.5) is 0 Å². The van der Waals surface area contributed by atoms with Gasteiger partial charge in [-0.05, 0) is 55.8 Å². The molecule has 0 amide bonds. The summed E-state index contributed by atoms with van der Waals surface area (Å²) in [5.74, 6) is 1.45. The van der Waals surface area contributed by atoms with E-state index in [1.165, 1.54) is 37.2 Å². The average molecular weight is 586 g/mol. The number of ether oxygens (including phenoxy) is 4. The first kappa shape index (κ1) is 28.4. The van der Waals surface area contributed by atoms with E-state index in [9.17, 15) is 14.9 Å². The number of nitriles is 1. The van der Waals surface area contributed by atoms with E-state index >= 15 is 0 Å². The van der Waals surface area contributed by atoms with Gasteiger partial charge in [-0.3, -0.25) is 9.36 Å². The van der Waals surface area contributed by atoms with Crippen LogP contribution in [0.1, 0.15) is 36.8 Å². The van der Waals surface area contributed by atoms with Crippen LogP contribution in [0.25, 0.3) is 17.4 Å². The van der Waals surface area contributed by atoms with Crippen LogP contribution < -0.4 is 29.1 Å². The Morgan fingerprint density at radius 3 is 2.48 bits per heavy atom. The van der Waals surface area contributed by atoms with Gasteiger partial charge in [-0.2, -0.15) is 5.26 Å². The number of aromatic nitrogens is 1. The summed E-state index contributed by atoms with van der Waals surface area (Å²) in [7, 11) is 4.48. The number of benzene rings is 2. The molecule has 4 aromatic rings. The van der Waals surface area contributed by atoms with Gasteiger partial charge in [0.2, 0.25) is 5.75 Å². The number of allylic oxidation sites excluding steroid dienone is 1. The summed E-state index contributed by atoms with van der Waals surface area (Å²) in [5.41, 5.74) is 1.94. The first-order chi connectivity index (χ1) is 20.3. The molecule has 1 aliphatic rings. The summed E-state index contributed by atoms with van der Waals surface area (Å²) in [4.78, 5) is 32.2. The molecule has 5 rings (SSSR count). The maximum atomic E-state index is 14.0. The molecule has 42 heavy (non-hydrogen) atoms. The third-order valence-corrected chi connectivity index (χ3v) is 7.72. The Morgan fingerprint density at radius 1 is 1.12 bits per heavy atom. The van der Waals surface area contributed by atoms with Gasteiger partial charge in [0, 0.05) is 11.6 Å². The second kappa shape index (κ2) is 11.8. The van der Waals surface area contributed by atoms with Crippen molar-refractivity contribution >= 4 is 23.4 Å². The van der Waals surface area contributed by atoms with Crippen LogP contribution in [0.5, 0.6) is 17.2 Å². The Bertz CT molecular complexity index is 1920. The zero-order valence-electron chi connectivity index (χ0n) is 23.6. The first-order valence-electron chi connectivity index (χ1n) is 12.9. The molecule has 1 aliphatic heterocycles. The highest BCUT2D eigenvalue weighted by Crippen LogP contribution is 2.42. The van der Waals surface area contributed by atoms with Gasteiger partial charge in [0.1, 0.15) is 11.5 Å². The van der Waals surface area contributed by atoms with E-state index in [4.69, 9.17) is 23.4 Å². The van der Waals surface area contributed by atoms with Crippen LogP contribution in [-0.2, 0) is 9.53 Å². The molecule has 0 aliphatic carbocycles. The summed E-state index contributed by atoms with van der Waals surface area (Å²) in [6, 6.07) is 15.3. The number of carbonyl (C=O) groups excluding carboxylic acids is 1. The minimum absolute atomic E-state index is 0.151. The highest BCUT2D eigenvalue weighted by molar-refractivity contribution is 7.07. The van der Waals surface area contributed by atoms with Crippen LogP contribution in [0.15, 0.2) is 74.0 Å². The molecule has 0 saturated carbocycles. The van der Waals surface area contributed by atoms with Crippen molar-refractivity contribution in [2.24, 2.45) is 4.99 Å². The Hall–Kier alpha value is -5.08. The molecule has 0 N–H and O–H groups in total. The van der Waals surface area contributed by atoms with E-state index < -0.39 is 12.0 Å². The number of esters is 1. The molecule has 10 nitrogen and oxygen atoms in total. The Balaban J connectivity index is 1.70. The fraction of sp³-hybridized carbons (Fsp3) is 0.226. The van der Waals surface area contributed by atoms with Gasteiger partial charge in [-0.15, -0.1) is 0 Å². The van der Waals surface area contributed by atoms with Crippen molar-refractivity contribution < 1.29 is 28.2 Å². The lowest BCUT2D eigenvalue weighted by Gasteiger charge is -2.26. The zero-order chi connectivity index (χ0) is 30.0. The third kappa shape index (κ3) is 4.97. The van der Waals surface area contributed by atoms with Gasteiger partial charge in [-0.1, -0.05) is 23.5 Å². The summed E-state index contributed by atoms with van der Waals surface area (Å²) >= 11 is 1.17. The molecule has 0 bridgehead atoms. The predicted molar refractivity (Wildman–Crippen MR) is 155 cm³/mol. The number of hydrogen-bond acceptors (Lipinski definition) is 10. The van der Waals surface area contributed by atoms with Crippen molar-refractivity contribution in [2.45, 2.75) is 19.9 Å². The second-order valence-corrected chi connectivity index (χ2v) is 10.1. The molecule has 1 atom stereocenters. The highest BCUT2D eigenvalue weighted by atomic mass is 32.1. The zero-order valence-corrected chi connectivity index (χ0v) is 24.4. The van der Waals surface area contributed by atoms with Crippen LogP contribution in [0, 0.1) is 11.3 Å². The number of methoxy groups -OCH3 is 3. The molecule has 3 heterocycles. The minimum Gasteiger partial charge on any atom is -0.493 e. The molecule has 0 radical (unpaired) electrons. The van der Waals surface area contributed by atoms with E-state index in [0.717, 1.165) is 0 Å². The van der Waals surface area contributed by atoms with E-state index in [0.29, 0.717) is 60.5 Å². The molecule has 11 heteroatoms. The molecular formula is C31H27N3O7S. The second-order valence-electron chi connectivity index (χ2n) is 9.12. The number of thiazole rings is 1. The van der Waals surface area contributed by atoms with E-state index in [2.05, 4.69) is 11.1 Å². The lowest BCUT2D eigenvalue weighted by Crippen LogP contribution is -2.40. The first-order valence-corrected chi connectivity index (χ1v) is 13.8. The Morgan fingerprint density at radius 2 is 1.83 bits per heavy atom. The van der Waals surface area contributed by atoms with Crippen LogP contribution in [-0.4, -0.2) is 38.5 Å². The van der Waals surface area contributed by atoms with Gasteiger partial charge in [-0.25, -0.2) is 9.79 Å². The number of fused-ring (bicyclic) bond motifs is 1. The van der Waals surface area contributed by atoms with Crippen LogP contribution in [0.3, 0.4) is 0 Å². The molecule has 2 aromatic carbocycles. The molecule has 0 unspecified atom stereocenters. The third-order valence-electron chi connectivity index (χ3n) is 6.73. The molecule has 0 fully saturated rings. The molecule has 2 aromatic heterocycles. The smallest absolute Gasteiger partial charge is 0.338 e. The van der Waals surface area contributed by atoms with Gasteiger partial charge >= 0.3 is 5.97 Å². The number of nitrogens with zero attached hydrogens (tertiary/aromatic N) is 3. The number of rotatable bonds is 8. The normalized spacial score (nSPS) is 14.6. The molecular weight excluding hydrogens is 558 g/mol. The van der Waals surface area contributed by atoms with Crippen molar-refractivity contribution in [3.63, 3.8) is 0 Å². The topological polar surface area (TPSA) is 125 Å². The van der Waals surface area contributed by atoms with E-state index in [1.54, 1.807) is 62.4 Å². The Labute approximate surface area is 245 Å². The number of hydrogen-bond donors (Lipinski definition) is 0. The standard InChI is InChI=1S/C31H27N3O7S/c1-6-40-30(36)26-17(2)33-31-34(27(26)19-13-23(37-3)28(39-5)24(14-19)38-4)29(35)25(42-31)15-20-11-12-22(41-20)21-10-8-7-9-18(21)16-32/h7-15,27H,6H2,1-5H3/t27-/m0/s1. The lowest BCUT2D eigenvalue weighted by atomic mass is 9.95. The van der Waals surface area contributed by atoms with Crippen molar-refractivity contribution in [1.82, 2.24) is 4.57 Å². The fourth-order valence-electron chi connectivity index (χ4n) is 4.87. The molecule has 0 spiro atoms. The summed E-state index contributed by atoms with van der Waals surface area (Å²) in [6.07, 6.45) is 1.62. The fourth-order valence-corrected chi connectivity index (χ4v) is 5.89. The van der Waals surface area contributed by atoms with E-state index in [-0.39, 0.29) is 17.7 Å². The SMILES string of the molecule is CCOC(=O)C1=C(C)N=c2sc(=Cc3ccc(-c4ccccc4C#N)o3)c(=O)n2[C@H]1c1cc(OC)c(OC)c(OC)c1. The van der Waals surface area contributed by atoms with Crippen molar-refractivity contribution in [2.75, 3.05) is 27.9 Å². The monoisotopic (exact) mass is 585 g/mol. The van der Waals surface area contributed by atoms with Gasteiger partial charge in [0.25, 0.3) is 5.56 Å². The van der Waals surface area contributed by atoms with Gasteiger partial charge < -0.3 is 23.4 Å². The molecule has 214 valence electrons. The largest absolute Gasteiger partial charge is 0.493 e. The van der Waals surface area contributed by atoms with Crippen molar-refractivity contribution in [3.05, 3.63) is 96.4 Å². The quantitative estimate of drug-likeness (QED) is 0.285. The minimum atomic E-state index is -0.883. The average Bonchev–Trinajstić information content (AvgIpc) is 3.59. The maximum Gasteiger partial charge on any atom is 0.338 e. The van der Waals surface area contributed by atoms with Crippen molar-refractivity contribution in [3.8, 4) is 34.6 Å². The highest BCUT2D eigenvalue weighted by Gasteiger charge is 2.34. The van der Waals surface area contributed by atoms with Gasteiger partial charge in [0.15, 0.2) is 16.3 Å². The van der Waals surface area contributed by atoms with Crippen LogP contribution >= 0.6 is 11.3 Å². The predicted octanol–water partition coefficient (Wildman–Crippen LogP) is 3.96. The van der Waals surface area contributed by atoms with E-state index in [1.807, 2.05) is 6.07 Å². The molecule has 0 saturated heterocycles. The van der Waals surface area contributed by atoms with Crippen LogP contribution in [0.2, 0.25) is 0 Å². The maximum absolute atomic E-state index is 14.0. The summed E-state index contributed by atoms with van der Waals surface area (Å²) in [6.45, 7) is 3.57.